The van der Waals surface area contributed by atoms with Gasteiger partial charge in [0, 0.05) is 18.3 Å². The van der Waals surface area contributed by atoms with Crippen molar-refractivity contribution >= 4 is 29.4 Å². The van der Waals surface area contributed by atoms with Crippen molar-refractivity contribution in [3.63, 3.8) is 0 Å². The highest BCUT2D eigenvalue weighted by Crippen LogP contribution is 2.65. The number of aromatic nitrogens is 1. The first-order valence-corrected chi connectivity index (χ1v) is 12.6. The van der Waals surface area contributed by atoms with Crippen molar-refractivity contribution in [1.82, 2.24) is 20.5 Å². The maximum absolute atomic E-state index is 13.6. The van der Waals surface area contributed by atoms with E-state index >= 15 is 0 Å². The number of nitrogens with one attached hydrogen (secondary N) is 3. The second kappa shape index (κ2) is 9.50. The lowest BCUT2D eigenvalue weighted by molar-refractivity contribution is -0.176. The molecule has 210 valence electrons. The van der Waals surface area contributed by atoms with Crippen molar-refractivity contribution in [2.75, 3.05) is 11.9 Å². The zero-order valence-corrected chi connectivity index (χ0v) is 22.2. The van der Waals surface area contributed by atoms with Crippen LogP contribution in [0.15, 0.2) is 18.3 Å². The molecule has 0 radical (unpaired) electrons. The number of likely N-dealkylation sites (tertiary alicyclic amines) is 1. The van der Waals surface area contributed by atoms with Gasteiger partial charge in [0.25, 0.3) is 0 Å². The van der Waals surface area contributed by atoms with Gasteiger partial charge in [0.1, 0.15) is 23.9 Å². The number of halogens is 3. The van der Waals surface area contributed by atoms with E-state index in [0.29, 0.717) is 11.4 Å². The number of anilines is 1. The Morgan fingerprint density at radius 1 is 1.26 bits per heavy atom. The molecule has 2 fully saturated rings. The molecule has 3 N–H and O–H groups in total. The summed E-state index contributed by atoms with van der Waals surface area (Å²) in [6.07, 6.45) is -3.69. The summed E-state index contributed by atoms with van der Waals surface area (Å²) in [6.45, 7) is 8.56. The van der Waals surface area contributed by atoms with Crippen molar-refractivity contribution in [3.8, 4) is 6.07 Å². The Hall–Kier alpha value is -3.69. The normalized spacial score (nSPS) is 26.4. The number of pyridine rings is 1. The number of carbonyl (C=O) groups is 4. The Balaban J connectivity index is 1.54. The summed E-state index contributed by atoms with van der Waals surface area (Å²) in [5, 5.41) is 16.9. The van der Waals surface area contributed by atoms with Gasteiger partial charge in [-0.2, -0.15) is 18.4 Å². The molecule has 1 aromatic heterocycles. The smallest absolute Gasteiger partial charge is 0.339 e. The summed E-state index contributed by atoms with van der Waals surface area (Å²) in [4.78, 5) is 56.7. The van der Waals surface area contributed by atoms with Gasteiger partial charge in [0.2, 0.25) is 17.7 Å². The van der Waals surface area contributed by atoms with Gasteiger partial charge < -0.3 is 20.9 Å². The topological polar surface area (TPSA) is 144 Å². The molecule has 0 bridgehead atoms. The number of hydrogen-bond donors (Lipinski definition) is 3. The third-order valence-electron chi connectivity index (χ3n) is 8.12. The van der Waals surface area contributed by atoms with E-state index in [1.807, 2.05) is 25.2 Å². The quantitative estimate of drug-likeness (QED) is 0.497. The molecule has 1 aliphatic carbocycles. The Morgan fingerprint density at radius 2 is 1.92 bits per heavy atom. The summed E-state index contributed by atoms with van der Waals surface area (Å²) in [5.41, 5.74) is -0.789. The summed E-state index contributed by atoms with van der Waals surface area (Å²) in [7, 11) is 0. The van der Waals surface area contributed by atoms with Crippen LogP contribution in [0.1, 0.15) is 52.5 Å². The van der Waals surface area contributed by atoms with E-state index in [9.17, 15) is 37.6 Å². The predicted molar refractivity (Wildman–Crippen MR) is 131 cm³/mol. The van der Waals surface area contributed by atoms with E-state index in [4.69, 9.17) is 0 Å². The lowest BCUT2D eigenvalue weighted by Crippen LogP contribution is -2.61. The summed E-state index contributed by atoms with van der Waals surface area (Å²) in [5.74, 6) is -4.70. The first-order chi connectivity index (χ1) is 18.0. The molecule has 13 heteroatoms. The first kappa shape index (κ1) is 28.3. The maximum Gasteiger partial charge on any atom is 0.471 e. The number of carbonyl (C=O) groups excluding carboxylic acids is 4. The van der Waals surface area contributed by atoms with E-state index in [1.165, 1.54) is 31.9 Å². The second-order valence-electron chi connectivity index (χ2n) is 12.1. The number of alkyl halides is 3. The minimum absolute atomic E-state index is 0.0306. The molecule has 2 unspecified atom stereocenters. The zero-order chi connectivity index (χ0) is 29.1. The molecular weight excluding hydrogens is 517 g/mol. The molecule has 4 amide bonds. The zero-order valence-electron chi connectivity index (χ0n) is 22.2. The number of amides is 4. The molecule has 10 nitrogen and oxygen atoms in total. The molecule has 0 spiro atoms. The molecule has 6 atom stereocenters. The van der Waals surface area contributed by atoms with Gasteiger partial charge in [-0.25, -0.2) is 4.98 Å². The number of nitrogens with zero attached hydrogens (tertiary/aromatic N) is 3. The lowest BCUT2D eigenvalue weighted by atomic mass is 9.85. The minimum atomic E-state index is -5.18. The molecule has 39 heavy (non-hydrogen) atoms. The molecule has 4 rings (SSSR count). The van der Waals surface area contributed by atoms with Gasteiger partial charge in [-0.1, -0.05) is 40.7 Å². The monoisotopic (exact) mass is 548 g/mol. The standard InChI is InChI=1S/C26H31F3N6O4/c1-24(2,3)18(33-23(39)26(27,28)29)22(38)35-11-15-16(25(15,4)5)17(35)21(37)32-12(10-30)9-14-13-7-6-8-31-19(13)34-20(14)36/h6-8,12,14-18H,9,11H2,1-5H3,(H,32,37)(H,33,39)(H,31,34,36)/t12?,14?,15-,16-,17-,18+/m0/s1. The fourth-order valence-corrected chi connectivity index (χ4v) is 5.86. The van der Waals surface area contributed by atoms with Crippen LogP contribution in [0.5, 0.6) is 0 Å². The van der Waals surface area contributed by atoms with Crippen molar-refractivity contribution in [2.45, 2.75) is 71.3 Å². The van der Waals surface area contributed by atoms with Crippen LogP contribution in [-0.4, -0.2) is 64.4 Å². The first-order valence-electron chi connectivity index (χ1n) is 12.6. The Kier molecular flexibility index (Phi) is 6.90. The molecule has 2 aliphatic heterocycles. The number of rotatable bonds is 6. The number of nitriles is 1. The van der Waals surface area contributed by atoms with E-state index in [1.54, 1.807) is 12.1 Å². The van der Waals surface area contributed by atoms with E-state index in [0.717, 1.165) is 0 Å². The van der Waals surface area contributed by atoms with Crippen molar-refractivity contribution in [2.24, 2.45) is 22.7 Å². The van der Waals surface area contributed by atoms with E-state index in [-0.39, 0.29) is 36.1 Å². The van der Waals surface area contributed by atoms with Crippen molar-refractivity contribution < 1.29 is 32.3 Å². The van der Waals surface area contributed by atoms with Gasteiger partial charge in [-0.05, 0) is 35.2 Å². The van der Waals surface area contributed by atoms with Crippen LogP contribution in [0.25, 0.3) is 0 Å². The number of hydrogen-bond acceptors (Lipinski definition) is 6. The molecule has 3 aliphatic rings. The molecule has 3 heterocycles. The molecule has 1 aromatic rings. The molecule has 1 saturated carbocycles. The van der Waals surface area contributed by atoms with Gasteiger partial charge >= 0.3 is 12.1 Å². The van der Waals surface area contributed by atoms with Crippen LogP contribution >= 0.6 is 0 Å². The largest absolute Gasteiger partial charge is 0.471 e. The Morgan fingerprint density at radius 3 is 2.51 bits per heavy atom. The second-order valence-corrected chi connectivity index (χ2v) is 12.1. The summed E-state index contributed by atoms with van der Waals surface area (Å²) < 4.78 is 39.1. The molecular formula is C26H31F3N6O4. The van der Waals surface area contributed by atoms with E-state index in [2.05, 4.69) is 15.6 Å². The van der Waals surface area contributed by atoms with Crippen LogP contribution < -0.4 is 16.0 Å². The van der Waals surface area contributed by atoms with Gasteiger partial charge in [-0.3, -0.25) is 19.2 Å². The lowest BCUT2D eigenvalue weighted by Gasteiger charge is -2.37. The highest BCUT2D eigenvalue weighted by atomic mass is 19.4. The van der Waals surface area contributed by atoms with Gasteiger partial charge in [0.05, 0.1) is 12.0 Å². The van der Waals surface area contributed by atoms with E-state index < -0.39 is 53.4 Å². The average Bonchev–Trinajstić information content (AvgIpc) is 3.15. The van der Waals surface area contributed by atoms with Gasteiger partial charge in [-0.15, -0.1) is 0 Å². The summed E-state index contributed by atoms with van der Waals surface area (Å²) in [6, 6.07) is 1.69. The fraction of sp³-hybridized carbons (Fsp3) is 0.615. The minimum Gasteiger partial charge on any atom is -0.339 e. The average molecular weight is 549 g/mol. The number of piperidine rings is 1. The van der Waals surface area contributed by atoms with Crippen LogP contribution in [0.3, 0.4) is 0 Å². The third-order valence-corrected chi connectivity index (χ3v) is 8.12. The van der Waals surface area contributed by atoms with Crippen molar-refractivity contribution in [1.29, 1.82) is 5.26 Å². The van der Waals surface area contributed by atoms with Crippen LogP contribution in [0, 0.1) is 34.0 Å². The summed E-state index contributed by atoms with van der Waals surface area (Å²) >= 11 is 0. The van der Waals surface area contributed by atoms with Gasteiger partial charge in [0.15, 0.2) is 0 Å². The Bertz CT molecular complexity index is 1250. The van der Waals surface area contributed by atoms with Crippen LogP contribution in [0.2, 0.25) is 0 Å². The fourth-order valence-electron chi connectivity index (χ4n) is 5.86. The molecule has 0 aromatic carbocycles. The van der Waals surface area contributed by atoms with Crippen molar-refractivity contribution in [3.05, 3.63) is 23.9 Å². The maximum atomic E-state index is 13.6. The predicted octanol–water partition coefficient (Wildman–Crippen LogP) is 2.09. The highest BCUT2D eigenvalue weighted by molar-refractivity contribution is 6.02. The SMILES string of the molecule is CC(C)(C)[C@H](NC(=O)C(F)(F)F)C(=O)N1C[C@H]2[C@@H]([C@H]1C(=O)NC(C#N)CC1C(=O)Nc3ncccc31)C2(C)C. The number of fused-ring (bicyclic) bond motifs is 2. The third kappa shape index (κ3) is 5.16. The molecule has 1 saturated heterocycles. The highest BCUT2D eigenvalue weighted by Gasteiger charge is 2.70. The van der Waals surface area contributed by atoms with Crippen LogP contribution in [0.4, 0.5) is 19.0 Å². The van der Waals surface area contributed by atoms with Crippen LogP contribution in [-0.2, 0) is 19.2 Å². The Labute approximate surface area is 223 Å².